The quantitative estimate of drug-likeness (QED) is 0.628. The molecule has 0 spiro atoms. The van der Waals surface area contributed by atoms with Crippen LogP contribution in [0, 0.1) is 6.92 Å². The van der Waals surface area contributed by atoms with E-state index in [1.165, 1.54) is 16.7 Å². The molecule has 3 rings (SSSR count). The van der Waals surface area contributed by atoms with Crippen LogP contribution in [0.1, 0.15) is 28.5 Å². The van der Waals surface area contributed by atoms with Crippen LogP contribution in [0.25, 0.3) is 0 Å². The molecular formula is C19H17NO. The molecule has 0 fully saturated rings. The molecule has 0 saturated heterocycles. The molecule has 1 aromatic heterocycles. The van der Waals surface area contributed by atoms with Crippen LogP contribution in [0.2, 0.25) is 0 Å². The standard InChI is InChI=1S/C19H17NO/c1-15-8-5-6-12-18(15)19(16-9-3-2-4-10-16)20-14-17-11-7-13-21-17/h2-14,19H,1H3/t19-/m0/s1. The van der Waals surface area contributed by atoms with E-state index in [2.05, 4.69) is 43.3 Å². The van der Waals surface area contributed by atoms with Gasteiger partial charge < -0.3 is 4.42 Å². The lowest BCUT2D eigenvalue weighted by atomic mass is 9.95. The van der Waals surface area contributed by atoms with E-state index < -0.39 is 0 Å². The summed E-state index contributed by atoms with van der Waals surface area (Å²) < 4.78 is 5.34. The maximum absolute atomic E-state index is 5.34. The van der Waals surface area contributed by atoms with Crippen molar-refractivity contribution in [1.82, 2.24) is 0 Å². The van der Waals surface area contributed by atoms with Gasteiger partial charge in [0.05, 0.1) is 12.5 Å². The fraction of sp³-hybridized carbons (Fsp3) is 0.105. The number of hydrogen-bond donors (Lipinski definition) is 0. The van der Waals surface area contributed by atoms with Crippen molar-refractivity contribution in [3.8, 4) is 0 Å². The van der Waals surface area contributed by atoms with E-state index in [1.807, 2.05) is 30.3 Å². The zero-order chi connectivity index (χ0) is 14.5. The van der Waals surface area contributed by atoms with Crippen molar-refractivity contribution < 1.29 is 4.42 Å². The van der Waals surface area contributed by atoms with Gasteiger partial charge in [-0.05, 0) is 35.7 Å². The van der Waals surface area contributed by atoms with Gasteiger partial charge in [0, 0.05) is 0 Å². The van der Waals surface area contributed by atoms with Gasteiger partial charge in [-0.15, -0.1) is 0 Å². The third-order valence-corrected chi connectivity index (χ3v) is 3.49. The molecule has 0 unspecified atom stereocenters. The van der Waals surface area contributed by atoms with Crippen LogP contribution < -0.4 is 0 Å². The molecule has 2 heteroatoms. The zero-order valence-corrected chi connectivity index (χ0v) is 11.9. The van der Waals surface area contributed by atoms with Gasteiger partial charge in [0.25, 0.3) is 0 Å². The second kappa shape index (κ2) is 6.23. The molecule has 0 bridgehead atoms. The maximum atomic E-state index is 5.34. The van der Waals surface area contributed by atoms with E-state index in [-0.39, 0.29) is 6.04 Å². The van der Waals surface area contributed by atoms with E-state index in [4.69, 9.17) is 9.41 Å². The average molecular weight is 275 g/mol. The number of benzene rings is 2. The highest BCUT2D eigenvalue weighted by Crippen LogP contribution is 2.28. The summed E-state index contributed by atoms with van der Waals surface area (Å²) in [5, 5.41) is 0. The Morgan fingerprint density at radius 1 is 0.905 bits per heavy atom. The van der Waals surface area contributed by atoms with Gasteiger partial charge in [-0.1, -0.05) is 54.6 Å². The lowest BCUT2D eigenvalue weighted by Crippen LogP contribution is -2.01. The van der Waals surface area contributed by atoms with Crippen molar-refractivity contribution in [1.29, 1.82) is 0 Å². The molecule has 0 aliphatic rings. The van der Waals surface area contributed by atoms with Crippen LogP contribution in [0.3, 0.4) is 0 Å². The summed E-state index contributed by atoms with van der Waals surface area (Å²) in [5.41, 5.74) is 3.63. The third kappa shape index (κ3) is 3.11. The van der Waals surface area contributed by atoms with Crippen LogP contribution in [0.15, 0.2) is 82.4 Å². The lowest BCUT2D eigenvalue weighted by molar-refractivity contribution is 0.559. The van der Waals surface area contributed by atoms with Crippen LogP contribution in [-0.2, 0) is 0 Å². The smallest absolute Gasteiger partial charge is 0.144 e. The number of hydrogen-bond acceptors (Lipinski definition) is 2. The molecule has 2 nitrogen and oxygen atoms in total. The lowest BCUT2D eigenvalue weighted by Gasteiger charge is -2.15. The van der Waals surface area contributed by atoms with Crippen molar-refractivity contribution in [2.75, 3.05) is 0 Å². The number of aliphatic imine (C=N–C) groups is 1. The Bertz CT molecular complexity index is 714. The SMILES string of the molecule is Cc1ccccc1[C@@H](N=Cc1ccco1)c1ccccc1. The van der Waals surface area contributed by atoms with Crippen molar-refractivity contribution in [2.45, 2.75) is 13.0 Å². The van der Waals surface area contributed by atoms with Gasteiger partial charge in [0.1, 0.15) is 11.8 Å². The minimum absolute atomic E-state index is 0.0162. The Morgan fingerprint density at radius 3 is 2.38 bits per heavy atom. The Labute approximate surface area is 124 Å². The number of nitrogens with zero attached hydrogens (tertiary/aromatic N) is 1. The summed E-state index contributed by atoms with van der Waals surface area (Å²) in [6.45, 7) is 2.12. The fourth-order valence-electron chi connectivity index (χ4n) is 2.39. The number of furan rings is 1. The van der Waals surface area contributed by atoms with Gasteiger partial charge in [0.2, 0.25) is 0 Å². The van der Waals surface area contributed by atoms with Crippen LogP contribution in [0.5, 0.6) is 0 Å². The molecule has 3 aromatic rings. The number of aryl methyl sites for hydroxylation is 1. The Morgan fingerprint density at radius 2 is 1.67 bits per heavy atom. The zero-order valence-electron chi connectivity index (χ0n) is 11.9. The van der Waals surface area contributed by atoms with Gasteiger partial charge in [-0.2, -0.15) is 0 Å². The Hall–Kier alpha value is -2.61. The monoisotopic (exact) mass is 275 g/mol. The molecular weight excluding hydrogens is 258 g/mol. The highest BCUT2D eigenvalue weighted by atomic mass is 16.3. The molecule has 0 N–H and O–H groups in total. The van der Waals surface area contributed by atoms with E-state index in [9.17, 15) is 0 Å². The topological polar surface area (TPSA) is 25.5 Å². The van der Waals surface area contributed by atoms with Gasteiger partial charge in [0.15, 0.2) is 0 Å². The second-order valence-electron chi connectivity index (χ2n) is 4.96. The van der Waals surface area contributed by atoms with E-state index in [0.717, 1.165) is 5.76 Å². The number of rotatable bonds is 4. The summed E-state index contributed by atoms with van der Waals surface area (Å²) in [6, 6.07) is 22.4. The molecule has 1 heterocycles. The predicted octanol–water partition coefficient (Wildman–Crippen LogP) is 4.80. The second-order valence-corrected chi connectivity index (χ2v) is 4.96. The van der Waals surface area contributed by atoms with Crippen LogP contribution in [-0.4, -0.2) is 6.21 Å². The summed E-state index contributed by atoms with van der Waals surface area (Å²) in [5.74, 6) is 0.768. The van der Waals surface area contributed by atoms with Crippen molar-refractivity contribution in [2.24, 2.45) is 4.99 Å². The molecule has 0 radical (unpaired) electrons. The van der Waals surface area contributed by atoms with Crippen molar-refractivity contribution in [3.05, 3.63) is 95.4 Å². The van der Waals surface area contributed by atoms with Crippen molar-refractivity contribution >= 4 is 6.21 Å². The van der Waals surface area contributed by atoms with Crippen molar-refractivity contribution in [3.63, 3.8) is 0 Å². The van der Waals surface area contributed by atoms with E-state index in [0.29, 0.717) is 0 Å². The molecule has 21 heavy (non-hydrogen) atoms. The Balaban J connectivity index is 2.01. The molecule has 1 atom stereocenters. The summed E-state index contributed by atoms with van der Waals surface area (Å²) in [6.07, 6.45) is 3.46. The summed E-state index contributed by atoms with van der Waals surface area (Å²) >= 11 is 0. The summed E-state index contributed by atoms with van der Waals surface area (Å²) in [7, 11) is 0. The highest BCUT2D eigenvalue weighted by molar-refractivity contribution is 5.76. The minimum Gasteiger partial charge on any atom is -0.463 e. The van der Waals surface area contributed by atoms with Gasteiger partial charge in [-0.25, -0.2) is 0 Å². The normalized spacial score (nSPS) is 12.6. The highest BCUT2D eigenvalue weighted by Gasteiger charge is 2.13. The fourth-order valence-corrected chi connectivity index (χ4v) is 2.39. The first-order chi connectivity index (χ1) is 10.3. The first-order valence-electron chi connectivity index (χ1n) is 7.02. The third-order valence-electron chi connectivity index (χ3n) is 3.49. The molecule has 0 amide bonds. The largest absolute Gasteiger partial charge is 0.463 e. The molecule has 104 valence electrons. The van der Waals surface area contributed by atoms with Crippen LogP contribution in [0.4, 0.5) is 0 Å². The molecule has 0 aliphatic carbocycles. The first kappa shape index (κ1) is 13.4. The Kier molecular flexibility index (Phi) is 3.97. The minimum atomic E-state index is -0.0162. The van der Waals surface area contributed by atoms with Crippen LogP contribution >= 0.6 is 0 Å². The van der Waals surface area contributed by atoms with E-state index in [1.54, 1.807) is 12.5 Å². The maximum Gasteiger partial charge on any atom is 0.144 e. The molecule has 0 saturated carbocycles. The predicted molar refractivity (Wildman–Crippen MR) is 85.8 cm³/mol. The van der Waals surface area contributed by atoms with E-state index >= 15 is 0 Å². The summed E-state index contributed by atoms with van der Waals surface area (Å²) in [4.78, 5) is 4.75. The van der Waals surface area contributed by atoms with Gasteiger partial charge >= 0.3 is 0 Å². The first-order valence-corrected chi connectivity index (χ1v) is 7.02. The molecule has 2 aromatic carbocycles. The average Bonchev–Trinajstić information content (AvgIpc) is 3.04. The molecule has 0 aliphatic heterocycles. The van der Waals surface area contributed by atoms with Gasteiger partial charge in [-0.3, -0.25) is 4.99 Å².